The first-order chi connectivity index (χ1) is 10.6. The molecule has 0 radical (unpaired) electrons. The number of hydrogen-bond acceptors (Lipinski definition) is 4. The number of carbonyl (C=O) groups excluding carboxylic acids is 1. The Morgan fingerprint density at radius 2 is 1.82 bits per heavy atom. The summed E-state index contributed by atoms with van der Waals surface area (Å²) in [6.07, 6.45) is -0.559. The highest BCUT2D eigenvalue weighted by atomic mass is 35.5. The van der Waals surface area contributed by atoms with Gasteiger partial charge in [-0.2, -0.15) is 0 Å². The molecule has 0 atom stereocenters. The first-order valence-corrected chi connectivity index (χ1v) is 7.05. The van der Waals surface area contributed by atoms with Crippen molar-refractivity contribution < 1.29 is 19.0 Å². The van der Waals surface area contributed by atoms with Gasteiger partial charge < -0.3 is 14.2 Å². The van der Waals surface area contributed by atoms with E-state index < -0.39 is 6.09 Å². The van der Waals surface area contributed by atoms with E-state index in [-0.39, 0.29) is 0 Å². The highest BCUT2D eigenvalue weighted by Gasteiger charge is 2.07. The average Bonchev–Trinajstić information content (AvgIpc) is 2.52. The minimum atomic E-state index is -0.559. The fraction of sp³-hybridized carbons (Fsp3) is 0.188. The van der Waals surface area contributed by atoms with E-state index in [9.17, 15) is 4.79 Å². The monoisotopic (exact) mass is 321 g/mol. The van der Waals surface area contributed by atoms with Gasteiger partial charge in [0.05, 0.1) is 18.7 Å². The van der Waals surface area contributed by atoms with E-state index in [4.69, 9.17) is 21.1 Å². The van der Waals surface area contributed by atoms with Gasteiger partial charge in [0.1, 0.15) is 17.2 Å². The molecular formula is C16H16ClNO4. The largest absolute Gasteiger partial charge is 0.494 e. The number of carbonyl (C=O) groups is 1. The van der Waals surface area contributed by atoms with Crippen LogP contribution in [0.4, 0.5) is 10.5 Å². The van der Waals surface area contributed by atoms with Crippen molar-refractivity contribution in [3.63, 3.8) is 0 Å². The Morgan fingerprint density at radius 1 is 1.14 bits per heavy atom. The van der Waals surface area contributed by atoms with Gasteiger partial charge >= 0.3 is 6.09 Å². The Morgan fingerprint density at radius 3 is 2.41 bits per heavy atom. The summed E-state index contributed by atoms with van der Waals surface area (Å²) in [5.74, 6) is 1.90. The van der Waals surface area contributed by atoms with Gasteiger partial charge in [-0.25, -0.2) is 4.79 Å². The van der Waals surface area contributed by atoms with E-state index in [1.54, 1.807) is 30.3 Å². The van der Waals surface area contributed by atoms with Crippen LogP contribution in [0.2, 0.25) is 5.02 Å². The zero-order valence-electron chi connectivity index (χ0n) is 12.3. The molecule has 0 bridgehead atoms. The van der Waals surface area contributed by atoms with Crippen LogP contribution < -0.4 is 14.8 Å². The third kappa shape index (κ3) is 4.30. The molecule has 2 aromatic rings. The van der Waals surface area contributed by atoms with Crippen LogP contribution in [0, 0.1) is 0 Å². The Kier molecular flexibility index (Phi) is 5.49. The molecule has 0 unspecified atom stereocenters. The summed E-state index contributed by atoms with van der Waals surface area (Å²) in [5.41, 5.74) is 0.524. The maximum absolute atomic E-state index is 11.1. The van der Waals surface area contributed by atoms with Crippen LogP contribution in [0.3, 0.4) is 0 Å². The Hall–Kier alpha value is -2.40. The van der Waals surface area contributed by atoms with Crippen molar-refractivity contribution in [2.24, 2.45) is 0 Å². The third-order valence-corrected chi connectivity index (χ3v) is 3.02. The van der Waals surface area contributed by atoms with Crippen molar-refractivity contribution in [3.05, 3.63) is 47.5 Å². The van der Waals surface area contributed by atoms with Crippen LogP contribution in [0.25, 0.3) is 0 Å². The van der Waals surface area contributed by atoms with E-state index >= 15 is 0 Å². The molecule has 2 rings (SSSR count). The standard InChI is InChI=1S/C16H16ClNO4/c1-3-21-12-5-7-13(8-6-12)22-15-9-4-11(10-14(15)17)18-16(19)20-2/h4-10H,3H2,1-2H3,(H,18,19). The first-order valence-electron chi connectivity index (χ1n) is 6.67. The van der Waals surface area contributed by atoms with Gasteiger partial charge in [0.2, 0.25) is 0 Å². The molecule has 5 nitrogen and oxygen atoms in total. The molecule has 0 aliphatic rings. The molecule has 2 aromatic carbocycles. The number of halogens is 1. The molecule has 0 heterocycles. The molecule has 0 saturated carbocycles. The molecule has 0 fully saturated rings. The minimum Gasteiger partial charge on any atom is -0.494 e. The number of methoxy groups -OCH3 is 1. The van der Waals surface area contributed by atoms with Crippen molar-refractivity contribution in [2.45, 2.75) is 6.92 Å². The maximum atomic E-state index is 11.1. The van der Waals surface area contributed by atoms with Crippen LogP contribution in [0.5, 0.6) is 17.2 Å². The number of benzene rings is 2. The van der Waals surface area contributed by atoms with Gasteiger partial charge in [-0.1, -0.05) is 11.6 Å². The number of anilines is 1. The van der Waals surface area contributed by atoms with Crippen molar-refractivity contribution in [1.29, 1.82) is 0 Å². The highest BCUT2D eigenvalue weighted by molar-refractivity contribution is 6.32. The molecule has 116 valence electrons. The van der Waals surface area contributed by atoms with E-state index in [0.29, 0.717) is 28.8 Å². The number of nitrogens with one attached hydrogen (secondary N) is 1. The fourth-order valence-corrected chi connectivity index (χ4v) is 1.95. The molecule has 0 aliphatic carbocycles. The normalized spacial score (nSPS) is 9.95. The van der Waals surface area contributed by atoms with Crippen LogP contribution in [-0.2, 0) is 4.74 Å². The minimum absolute atomic E-state index is 0.378. The van der Waals surface area contributed by atoms with Crippen LogP contribution >= 0.6 is 11.6 Å². The summed E-state index contributed by atoms with van der Waals surface area (Å²) in [6, 6.07) is 12.2. The summed E-state index contributed by atoms with van der Waals surface area (Å²) < 4.78 is 15.6. The summed E-state index contributed by atoms with van der Waals surface area (Å²) in [5, 5.41) is 2.90. The van der Waals surface area contributed by atoms with Gasteiger partial charge in [0.15, 0.2) is 0 Å². The van der Waals surface area contributed by atoms with E-state index in [2.05, 4.69) is 10.1 Å². The zero-order chi connectivity index (χ0) is 15.9. The molecule has 0 spiro atoms. The quantitative estimate of drug-likeness (QED) is 0.866. The van der Waals surface area contributed by atoms with Crippen molar-refractivity contribution in [1.82, 2.24) is 0 Å². The molecule has 0 saturated heterocycles. The zero-order valence-corrected chi connectivity index (χ0v) is 13.0. The molecule has 6 heteroatoms. The third-order valence-electron chi connectivity index (χ3n) is 2.73. The second-order valence-electron chi connectivity index (χ2n) is 4.27. The van der Waals surface area contributed by atoms with Crippen molar-refractivity contribution in [3.8, 4) is 17.2 Å². The van der Waals surface area contributed by atoms with Gasteiger partial charge in [0, 0.05) is 5.69 Å². The lowest BCUT2D eigenvalue weighted by molar-refractivity contribution is 0.187. The molecule has 0 aromatic heterocycles. The maximum Gasteiger partial charge on any atom is 0.411 e. The molecular weight excluding hydrogens is 306 g/mol. The first kappa shape index (κ1) is 16.0. The average molecular weight is 322 g/mol. The van der Waals surface area contributed by atoms with Gasteiger partial charge in [-0.15, -0.1) is 0 Å². The van der Waals surface area contributed by atoms with Gasteiger partial charge in [-0.05, 0) is 49.4 Å². The van der Waals surface area contributed by atoms with Crippen LogP contribution in [-0.4, -0.2) is 19.8 Å². The molecule has 22 heavy (non-hydrogen) atoms. The van der Waals surface area contributed by atoms with Crippen LogP contribution in [0.15, 0.2) is 42.5 Å². The second kappa shape index (κ2) is 7.56. The Labute approximate surface area is 133 Å². The molecule has 1 amide bonds. The van der Waals surface area contributed by atoms with Crippen LogP contribution in [0.1, 0.15) is 6.92 Å². The smallest absolute Gasteiger partial charge is 0.411 e. The van der Waals surface area contributed by atoms with E-state index in [0.717, 1.165) is 5.75 Å². The lowest BCUT2D eigenvalue weighted by Crippen LogP contribution is -2.10. The van der Waals surface area contributed by atoms with Crippen molar-refractivity contribution in [2.75, 3.05) is 19.0 Å². The number of rotatable bonds is 5. The Bertz CT molecular complexity index is 643. The van der Waals surface area contributed by atoms with Gasteiger partial charge in [0.25, 0.3) is 0 Å². The SMILES string of the molecule is CCOc1ccc(Oc2ccc(NC(=O)OC)cc2Cl)cc1. The molecule has 0 aliphatic heterocycles. The predicted molar refractivity (Wildman–Crippen MR) is 85.2 cm³/mol. The van der Waals surface area contributed by atoms with Gasteiger partial charge in [-0.3, -0.25) is 5.32 Å². The Balaban J connectivity index is 2.07. The lowest BCUT2D eigenvalue weighted by Gasteiger charge is -2.10. The number of ether oxygens (including phenoxy) is 3. The highest BCUT2D eigenvalue weighted by Crippen LogP contribution is 2.32. The summed E-state index contributed by atoms with van der Waals surface area (Å²) in [6.45, 7) is 2.54. The second-order valence-corrected chi connectivity index (χ2v) is 4.68. The summed E-state index contributed by atoms with van der Waals surface area (Å²) in [7, 11) is 1.29. The summed E-state index contributed by atoms with van der Waals surface area (Å²) >= 11 is 6.15. The predicted octanol–water partition coefficient (Wildman–Crippen LogP) is 4.71. The van der Waals surface area contributed by atoms with Crippen molar-refractivity contribution >= 4 is 23.4 Å². The topological polar surface area (TPSA) is 56.8 Å². The summed E-state index contributed by atoms with van der Waals surface area (Å²) in [4.78, 5) is 11.1. The molecule has 1 N–H and O–H groups in total. The van der Waals surface area contributed by atoms with E-state index in [1.165, 1.54) is 7.11 Å². The number of amides is 1. The lowest BCUT2D eigenvalue weighted by atomic mass is 10.3. The fourth-order valence-electron chi connectivity index (χ4n) is 1.73. The number of hydrogen-bond donors (Lipinski definition) is 1. The van der Waals surface area contributed by atoms with E-state index in [1.807, 2.05) is 19.1 Å².